The molecule has 1 saturated carbocycles. The number of nitrogens with one attached hydrogen (secondary N) is 2. The fourth-order valence-electron chi connectivity index (χ4n) is 3.68. The molecule has 0 spiro atoms. The van der Waals surface area contributed by atoms with Gasteiger partial charge in [-0.2, -0.15) is 0 Å². The van der Waals surface area contributed by atoms with Crippen LogP contribution in [-0.4, -0.2) is 37.0 Å². The first-order chi connectivity index (χ1) is 14.5. The zero-order valence-corrected chi connectivity index (χ0v) is 17.2. The van der Waals surface area contributed by atoms with Crippen molar-refractivity contribution in [3.8, 4) is 11.1 Å². The summed E-state index contributed by atoms with van der Waals surface area (Å²) in [7, 11) is 0. The Balaban J connectivity index is 1.40. The van der Waals surface area contributed by atoms with E-state index in [9.17, 15) is 14.4 Å². The molecular formula is C24H28N2O4. The van der Waals surface area contributed by atoms with E-state index in [1.807, 2.05) is 42.5 Å². The van der Waals surface area contributed by atoms with Crippen molar-refractivity contribution in [3.63, 3.8) is 0 Å². The Bertz CT molecular complexity index is 865. The molecule has 158 valence electrons. The summed E-state index contributed by atoms with van der Waals surface area (Å²) in [5.41, 5.74) is 2.52. The molecule has 2 aromatic carbocycles. The van der Waals surface area contributed by atoms with E-state index in [0.29, 0.717) is 11.5 Å². The van der Waals surface area contributed by atoms with Crippen LogP contribution < -0.4 is 10.6 Å². The van der Waals surface area contributed by atoms with Crippen molar-refractivity contribution in [1.29, 1.82) is 0 Å². The molecule has 2 amide bonds. The lowest BCUT2D eigenvalue weighted by Crippen LogP contribution is -2.43. The summed E-state index contributed by atoms with van der Waals surface area (Å²) >= 11 is 0. The van der Waals surface area contributed by atoms with Crippen LogP contribution in [0.1, 0.15) is 43.0 Å². The number of hydrogen-bond donors (Lipinski definition) is 2. The molecule has 0 aliphatic heterocycles. The van der Waals surface area contributed by atoms with Gasteiger partial charge >= 0.3 is 5.97 Å². The van der Waals surface area contributed by atoms with E-state index in [1.165, 1.54) is 6.42 Å². The third-order valence-corrected chi connectivity index (χ3v) is 5.47. The van der Waals surface area contributed by atoms with Crippen LogP contribution in [0.15, 0.2) is 54.6 Å². The van der Waals surface area contributed by atoms with Gasteiger partial charge in [0.05, 0.1) is 0 Å². The van der Waals surface area contributed by atoms with Crippen LogP contribution in [-0.2, 0) is 14.3 Å². The fourth-order valence-corrected chi connectivity index (χ4v) is 3.68. The lowest BCUT2D eigenvalue weighted by molar-refractivity contribution is -0.147. The Morgan fingerprint density at radius 1 is 0.933 bits per heavy atom. The second-order valence-electron chi connectivity index (χ2n) is 7.72. The number of ether oxygens (including phenoxy) is 1. The first-order valence-corrected chi connectivity index (χ1v) is 10.4. The van der Waals surface area contributed by atoms with Gasteiger partial charge in [-0.1, -0.05) is 62.2 Å². The van der Waals surface area contributed by atoms with Gasteiger partial charge in [0.1, 0.15) is 6.54 Å². The van der Waals surface area contributed by atoms with Gasteiger partial charge in [0.15, 0.2) is 6.61 Å². The Hall–Kier alpha value is -3.15. The van der Waals surface area contributed by atoms with Crippen molar-refractivity contribution in [3.05, 3.63) is 60.2 Å². The van der Waals surface area contributed by atoms with Gasteiger partial charge in [0.2, 0.25) is 0 Å². The molecule has 1 fully saturated rings. The Morgan fingerprint density at radius 2 is 1.60 bits per heavy atom. The Morgan fingerprint density at radius 3 is 2.30 bits per heavy atom. The summed E-state index contributed by atoms with van der Waals surface area (Å²) in [6, 6.07) is 17.1. The largest absolute Gasteiger partial charge is 0.454 e. The summed E-state index contributed by atoms with van der Waals surface area (Å²) in [6.45, 7) is 1.51. The SMILES string of the molecule is C[C@H]1CCCC[C@H]1NC(=O)COC(=O)CNC(=O)c1ccc(-c2ccccc2)cc1. The summed E-state index contributed by atoms with van der Waals surface area (Å²) in [4.78, 5) is 36.1. The standard InChI is InChI=1S/C24H28N2O4/c1-17-7-5-6-10-21(17)26-22(27)16-30-23(28)15-25-24(29)20-13-11-19(12-14-20)18-8-3-2-4-9-18/h2-4,8-9,11-14,17,21H,5-7,10,15-16H2,1H3,(H,25,29)(H,26,27)/t17-,21+/m0/s1. The van der Waals surface area contributed by atoms with Crippen LogP contribution in [0, 0.1) is 5.92 Å². The third kappa shape index (κ3) is 6.17. The van der Waals surface area contributed by atoms with E-state index < -0.39 is 5.97 Å². The molecule has 3 rings (SSSR count). The molecule has 2 atom stereocenters. The molecule has 0 radical (unpaired) electrons. The summed E-state index contributed by atoms with van der Waals surface area (Å²) < 4.78 is 4.98. The number of esters is 1. The van der Waals surface area contributed by atoms with Crippen molar-refractivity contribution in [2.45, 2.75) is 38.6 Å². The molecule has 0 aromatic heterocycles. The van der Waals surface area contributed by atoms with Crippen molar-refractivity contribution in [2.24, 2.45) is 5.92 Å². The van der Waals surface area contributed by atoms with Crippen LogP contribution in [0.4, 0.5) is 0 Å². The van der Waals surface area contributed by atoms with Crippen LogP contribution in [0.2, 0.25) is 0 Å². The summed E-state index contributed by atoms with van der Waals surface area (Å²) in [5.74, 6) is -0.876. The second kappa shape index (κ2) is 10.6. The second-order valence-corrected chi connectivity index (χ2v) is 7.72. The average Bonchev–Trinajstić information content (AvgIpc) is 2.78. The molecule has 30 heavy (non-hydrogen) atoms. The maximum atomic E-state index is 12.2. The highest BCUT2D eigenvalue weighted by Crippen LogP contribution is 2.23. The quantitative estimate of drug-likeness (QED) is 0.689. The predicted molar refractivity (Wildman–Crippen MR) is 115 cm³/mol. The molecule has 2 aromatic rings. The first kappa shape index (κ1) is 21.6. The van der Waals surface area contributed by atoms with Gasteiger partial charge in [-0.05, 0) is 42.0 Å². The smallest absolute Gasteiger partial charge is 0.325 e. The van der Waals surface area contributed by atoms with Crippen molar-refractivity contribution >= 4 is 17.8 Å². The summed E-state index contributed by atoms with van der Waals surface area (Å²) in [6.07, 6.45) is 4.35. The number of carbonyl (C=O) groups excluding carboxylic acids is 3. The van der Waals surface area contributed by atoms with Crippen LogP contribution in [0.5, 0.6) is 0 Å². The molecule has 6 nitrogen and oxygen atoms in total. The fraction of sp³-hybridized carbons (Fsp3) is 0.375. The van der Waals surface area contributed by atoms with Gasteiger partial charge in [0, 0.05) is 11.6 Å². The van der Waals surface area contributed by atoms with Gasteiger partial charge in [0.25, 0.3) is 11.8 Å². The molecule has 6 heteroatoms. The molecule has 1 aliphatic rings. The van der Waals surface area contributed by atoms with E-state index in [4.69, 9.17) is 4.74 Å². The molecule has 1 aliphatic carbocycles. The van der Waals surface area contributed by atoms with Gasteiger partial charge in [-0.15, -0.1) is 0 Å². The van der Waals surface area contributed by atoms with E-state index in [1.54, 1.807) is 12.1 Å². The van der Waals surface area contributed by atoms with Crippen molar-refractivity contribution < 1.29 is 19.1 Å². The number of carbonyl (C=O) groups is 3. The van der Waals surface area contributed by atoms with E-state index in [2.05, 4.69) is 17.6 Å². The van der Waals surface area contributed by atoms with E-state index >= 15 is 0 Å². The van der Waals surface area contributed by atoms with Gasteiger partial charge in [-0.3, -0.25) is 14.4 Å². The lowest BCUT2D eigenvalue weighted by Gasteiger charge is -2.29. The summed E-state index contributed by atoms with van der Waals surface area (Å²) in [5, 5.41) is 5.45. The number of amides is 2. The monoisotopic (exact) mass is 408 g/mol. The Kier molecular flexibility index (Phi) is 7.60. The molecule has 0 bridgehead atoms. The lowest BCUT2D eigenvalue weighted by atomic mass is 9.86. The molecule has 0 saturated heterocycles. The zero-order valence-electron chi connectivity index (χ0n) is 17.2. The first-order valence-electron chi connectivity index (χ1n) is 10.4. The molecule has 0 heterocycles. The third-order valence-electron chi connectivity index (χ3n) is 5.47. The minimum absolute atomic E-state index is 0.142. The minimum atomic E-state index is -0.643. The van der Waals surface area contributed by atoms with Crippen molar-refractivity contribution in [1.82, 2.24) is 10.6 Å². The maximum absolute atomic E-state index is 12.2. The topological polar surface area (TPSA) is 84.5 Å². The minimum Gasteiger partial charge on any atom is -0.454 e. The molecular weight excluding hydrogens is 380 g/mol. The zero-order chi connectivity index (χ0) is 21.3. The van der Waals surface area contributed by atoms with Gasteiger partial charge in [-0.25, -0.2) is 0 Å². The van der Waals surface area contributed by atoms with Gasteiger partial charge < -0.3 is 15.4 Å². The van der Waals surface area contributed by atoms with Crippen LogP contribution in [0.3, 0.4) is 0 Å². The van der Waals surface area contributed by atoms with Crippen LogP contribution in [0.25, 0.3) is 11.1 Å². The molecule has 0 unspecified atom stereocenters. The highest BCUT2D eigenvalue weighted by molar-refractivity contribution is 5.96. The average molecular weight is 408 g/mol. The highest BCUT2D eigenvalue weighted by atomic mass is 16.5. The maximum Gasteiger partial charge on any atom is 0.325 e. The van der Waals surface area contributed by atoms with E-state index in [-0.39, 0.29) is 31.0 Å². The highest BCUT2D eigenvalue weighted by Gasteiger charge is 2.23. The normalized spacial score (nSPS) is 18.3. The predicted octanol–water partition coefficient (Wildman–Crippen LogP) is 3.32. The van der Waals surface area contributed by atoms with E-state index in [0.717, 1.165) is 30.4 Å². The number of benzene rings is 2. The Labute approximate surface area is 177 Å². The van der Waals surface area contributed by atoms with Crippen LogP contribution >= 0.6 is 0 Å². The number of rotatable bonds is 7. The number of hydrogen-bond acceptors (Lipinski definition) is 4. The molecule has 2 N–H and O–H groups in total. The van der Waals surface area contributed by atoms with Crippen molar-refractivity contribution in [2.75, 3.05) is 13.2 Å².